The molecule has 0 atom stereocenters. The molecule has 0 saturated carbocycles. The Kier molecular flexibility index (Phi) is 5.42. The summed E-state index contributed by atoms with van der Waals surface area (Å²) >= 11 is 0. The summed E-state index contributed by atoms with van der Waals surface area (Å²) in [7, 11) is 0. The zero-order chi connectivity index (χ0) is 21.9. The van der Waals surface area contributed by atoms with Crippen LogP contribution in [-0.2, 0) is 0 Å². The summed E-state index contributed by atoms with van der Waals surface area (Å²) in [5, 5.41) is 14.6. The fourth-order valence-corrected chi connectivity index (χ4v) is 3.95. The average Bonchev–Trinajstić information content (AvgIpc) is 3.54. The lowest BCUT2D eigenvalue weighted by Gasteiger charge is -2.17. The van der Waals surface area contributed by atoms with E-state index in [0.717, 1.165) is 30.0 Å². The Morgan fingerprint density at radius 3 is 2.38 bits per heavy atom. The van der Waals surface area contributed by atoms with E-state index in [-0.39, 0.29) is 0 Å². The van der Waals surface area contributed by atoms with Crippen molar-refractivity contribution in [2.45, 2.75) is 12.8 Å². The van der Waals surface area contributed by atoms with E-state index in [1.807, 2.05) is 48.7 Å². The molecular weight excluding hydrogens is 403 g/mol. The first-order valence-corrected chi connectivity index (χ1v) is 10.7. The number of benzene rings is 3. The van der Waals surface area contributed by atoms with Gasteiger partial charge in [0.1, 0.15) is 0 Å². The molecule has 4 aromatic rings. The van der Waals surface area contributed by atoms with Crippen molar-refractivity contribution in [1.82, 2.24) is 9.78 Å². The molecule has 1 fully saturated rings. The van der Waals surface area contributed by atoms with Gasteiger partial charge in [-0.05, 0) is 66.9 Å². The molecular formula is C26H23FN4O. The molecule has 6 heteroatoms. The quantitative estimate of drug-likeness (QED) is 0.414. The number of aliphatic imine (C=N–C) groups is 1. The van der Waals surface area contributed by atoms with Crippen LogP contribution < -0.4 is 4.90 Å². The molecule has 160 valence electrons. The summed E-state index contributed by atoms with van der Waals surface area (Å²) in [6.45, 7) is 2.21. The number of phenolic OH excluding ortho intramolecular Hbond substituents is 1. The first kappa shape index (κ1) is 20.0. The van der Waals surface area contributed by atoms with Crippen molar-refractivity contribution in [3.63, 3.8) is 0 Å². The predicted molar refractivity (Wildman–Crippen MR) is 126 cm³/mol. The van der Waals surface area contributed by atoms with Crippen molar-refractivity contribution in [2.75, 3.05) is 18.0 Å². The highest BCUT2D eigenvalue weighted by molar-refractivity contribution is 5.87. The molecule has 5 nitrogen and oxygen atoms in total. The standard InChI is InChI=1S/C26H23FN4O/c27-25-15-19(14-20(26(25)32)16-28-22-6-2-1-3-7-22)21-17-29-31(18-21)24-10-8-23(9-11-24)30-12-4-5-13-30/h1-3,6-11,14-18,32H,4-5,12-13H2/b28-16+. The molecule has 3 aromatic carbocycles. The normalized spacial score (nSPS) is 13.8. The third kappa shape index (κ3) is 4.12. The molecule has 0 radical (unpaired) electrons. The van der Waals surface area contributed by atoms with Gasteiger partial charge >= 0.3 is 0 Å². The third-order valence-electron chi connectivity index (χ3n) is 5.70. The van der Waals surface area contributed by atoms with Gasteiger partial charge in [0.2, 0.25) is 0 Å². The minimum Gasteiger partial charge on any atom is -0.504 e. The van der Waals surface area contributed by atoms with Gasteiger partial charge in [-0.2, -0.15) is 5.10 Å². The van der Waals surface area contributed by atoms with E-state index in [9.17, 15) is 9.50 Å². The number of rotatable bonds is 5. The maximum Gasteiger partial charge on any atom is 0.166 e. The first-order valence-electron chi connectivity index (χ1n) is 10.7. The molecule has 0 bridgehead atoms. The Morgan fingerprint density at radius 2 is 1.62 bits per heavy atom. The van der Waals surface area contributed by atoms with Crippen LogP contribution >= 0.6 is 0 Å². The zero-order valence-corrected chi connectivity index (χ0v) is 17.5. The van der Waals surface area contributed by atoms with E-state index >= 15 is 0 Å². The van der Waals surface area contributed by atoms with Gasteiger partial charge in [0.05, 0.1) is 17.6 Å². The Morgan fingerprint density at radius 1 is 0.906 bits per heavy atom. The monoisotopic (exact) mass is 426 g/mol. The van der Waals surface area contributed by atoms with Crippen LogP contribution in [0.25, 0.3) is 16.8 Å². The van der Waals surface area contributed by atoms with Gasteiger partial charge in [-0.1, -0.05) is 18.2 Å². The fraction of sp³-hybridized carbons (Fsp3) is 0.154. The second kappa shape index (κ2) is 8.67. The number of phenols is 1. The van der Waals surface area contributed by atoms with Crippen LogP contribution in [0.15, 0.2) is 84.1 Å². The number of anilines is 1. The smallest absolute Gasteiger partial charge is 0.166 e. The minimum atomic E-state index is -0.695. The number of para-hydroxylation sites is 1. The van der Waals surface area contributed by atoms with Crippen molar-refractivity contribution < 1.29 is 9.50 Å². The van der Waals surface area contributed by atoms with Gasteiger partial charge in [0.15, 0.2) is 11.6 Å². The minimum absolute atomic E-state index is 0.312. The van der Waals surface area contributed by atoms with E-state index in [4.69, 9.17) is 0 Å². The van der Waals surface area contributed by atoms with Gasteiger partial charge in [-0.25, -0.2) is 9.07 Å². The highest BCUT2D eigenvalue weighted by Gasteiger charge is 2.14. The maximum atomic E-state index is 14.4. The Hall–Kier alpha value is -3.93. The highest BCUT2D eigenvalue weighted by atomic mass is 19.1. The molecule has 32 heavy (non-hydrogen) atoms. The Balaban J connectivity index is 1.41. The van der Waals surface area contributed by atoms with Crippen molar-refractivity contribution in [3.8, 4) is 22.6 Å². The number of aromatic hydroxyl groups is 1. The lowest BCUT2D eigenvalue weighted by atomic mass is 10.1. The van der Waals surface area contributed by atoms with E-state index < -0.39 is 11.6 Å². The molecule has 2 heterocycles. The summed E-state index contributed by atoms with van der Waals surface area (Å²) in [6.07, 6.45) is 7.50. The van der Waals surface area contributed by atoms with Crippen molar-refractivity contribution in [2.24, 2.45) is 4.99 Å². The fourth-order valence-electron chi connectivity index (χ4n) is 3.95. The molecule has 1 saturated heterocycles. The van der Waals surface area contributed by atoms with Crippen molar-refractivity contribution >= 4 is 17.6 Å². The van der Waals surface area contributed by atoms with Crippen LogP contribution in [0.5, 0.6) is 5.75 Å². The molecule has 0 aliphatic carbocycles. The second-order valence-corrected chi connectivity index (χ2v) is 7.87. The zero-order valence-electron chi connectivity index (χ0n) is 17.5. The number of hydrogen-bond acceptors (Lipinski definition) is 4. The second-order valence-electron chi connectivity index (χ2n) is 7.87. The number of halogens is 1. The van der Waals surface area contributed by atoms with Crippen LogP contribution in [-0.4, -0.2) is 34.2 Å². The lowest BCUT2D eigenvalue weighted by Crippen LogP contribution is -2.17. The molecule has 1 aliphatic rings. The Bertz CT molecular complexity index is 1240. The lowest BCUT2D eigenvalue weighted by molar-refractivity contribution is 0.432. The molecule has 0 amide bonds. The molecule has 1 N–H and O–H groups in total. The van der Waals surface area contributed by atoms with Crippen LogP contribution in [0.1, 0.15) is 18.4 Å². The van der Waals surface area contributed by atoms with Gasteiger partial charge < -0.3 is 10.0 Å². The summed E-state index contributed by atoms with van der Waals surface area (Å²) < 4.78 is 16.2. The molecule has 0 spiro atoms. The van der Waals surface area contributed by atoms with E-state index in [0.29, 0.717) is 11.1 Å². The van der Waals surface area contributed by atoms with E-state index in [2.05, 4.69) is 27.1 Å². The van der Waals surface area contributed by atoms with Gasteiger partial charge in [0.25, 0.3) is 0 Å². The predicted octanol–water partition coefficient (Wildman–Crippen LogP) is 5.73. The molecule has 1 aromatic heterocycles. The summed E-state index contributed by atoms with van der Waals surface area (Å²) in [6, 6.07) is 20.6. The highest BCUT2D eigenvalue weighted by Crippen LogP contribution is 2.29. The van der Waals surface area contributed by atoms with Crippen LogP contribution in [0.3, 0.4) is 0 Å². The van der Waals surface area contributed by atoms with Crippen molar-refractivity contribution in [1.29, 1.82) is 0 Å². The molecule has 5 rings (SSSR count). The topological polar surface area (TPSA) is 53.7 Å². The number of hydrogen-bond donors (Lipinski definition) is 1. The van der Waals surface area contributed by atoms with Crippen LogP contribution in [0.2, 0.25) is 0 Å². The van der Waals surface area contributed by atoms with E-state index in [1.54, 1.807) is 16.9 Å². The molecule has 0 unspecified atom stereocenters. The Labute approximate surface area is 186 Å². The summed E-state index contributed by atoms with van der Waals surface area (Å²) in [5.41, 5.74) is 4.57. The first-order chi connectivity index (χ1) is 15.7. The summed E-state index contributed by atoms with van der Waals surface area (Å²) in [4.78, 5) is 6.72. The molecule has 1 aliphatic heterocycles. The van der Waals surface area contributed by atoms with Crippen LogP contribution in [0.4, 0.5) is 15.8 Å². The van der Waals surface area contributed by atoms with Gasteiger partial charge in [-0.15, -0.1) is 0 Å². The SMILES string of the molecule is Oc1c(F)cc(-c2cnn(-c3ccc(N4CCCC4)cc3)c2)cc1/C=N/c1ccccc1. The average molecular weight is 426 g/mol. The number of nitrogens with zero attached hydrogens (tertiary/aromatic N) is 4. The number of aromatic nitrogens is 2. The van der Waals surface area contributed by atoms with Gasteiger partial charge in [0, 0.05) is 42.3 Å². The van der Waals surface area contributed by atoms with E-state index in [1.165, 1.54) is 30.8 Å². The maximum absolute atomic E-state index is 14.4. The van der Waals surface area contributed by atoms with Crippen LogP contribution in [0, 0.1) is 5.82 Å². The summed E-state index contributed by atoms with van der Waals surface area (Å²) in [5.74, 6) is -1.11. The van der Waals surface area contributed by atoms with Crippen molar-refractivity contribution in [3.05, 3.63) is 90.5 Å². The van der Waals surface area contributed by atoms with Gasteiger partial charge in [-0.3, -0.25) is 4.99 Å². The third-order valence-corrected chi connectivity index (χ3v) is 5.70. The largest absolute Gasteiger partial charge is 0.504 e.